The molecule has 1 saturated heterocycles. The molecular formula is C26H36N4O2. The summed E-state index contributed by atoms with van der Waals surface area (Å²) < 4.78 is 0. The first kappa shape index (κ1) is 24.0. The molecular weight excluding hydrogens is 400 g/mol. The minimum absolute atomic E-state index is 0.0161. The first-order valence-corrected chi connectivity index (χ1v) is 11.7. The SMILES string of the molecule is Cc1ccccc1C(=O)NCCCN1CCN(CCCNC(=O)c2ccccc2C)CC1. The predicted octanol–water partition coefficient (Wildman–Crippen LogP) is 2.86. The van der Waals surface area contributed by atoms with Crippen molar-refractivity contribution in [2.75, 3.05) is 52.4 Å². The number of piperazine rings is 1. The topological polar surface area (TPSA) is 64.7 Å². The lowest BCUT2D eigenvalue weighted by Crippen LogP contribution is -2.47. The Labute approximate surface area is 192 Å². The average Bonchev–Trinajstić information content (AvgIpc) is 2.80. The standard InChI is InChI=1S/C26H36N4O2/c1-21-9-3-5-11-23(21)25(31)27-13-7-15-29-17-19-30(20-18-29)16-8-14-28-26(32)24-12-6-4-10-22(24)2/h3-6,9-12H,7-8,13-20H2,1-2H3,(H,27,31)(H,28,32). The number of nitrogens with one attached hydrogen (secondary N) is 2. The van der Waals surface area contributed by atoms with Crippen LogP contribution in [0.2, 0.25) is 0 Å². The Morgan fingerprint density at radius 3 is 1.44 bits per heavy atom. The molecule has 1 aliphatic heterocycles. The van der Waals surface area contributed by atoms with E-state index in [2.05, 4.69) is 20.4 Å². The van der Waals surface area contributed by atoms with Crippen molar-refractivity contribution in [3.8, 4) is 0 Å². The van der Waals surface area contributed by atoms with E-state index in [0.717, 1.165) is 74.4 Å². The van der Waals surface area contributed by atoms with Gasteiger partial charge >= 0.3 is 0 Å². The third kappa shape index (κ3) is 7.18. The molecule has 172 valence electrons. The first-order chi connectivity index (χ1) is 15.5. The average molecular weight is 437 g/mol. The summed E-state index contributed by atoms with van der Waals surface area (Å²) in [6, 6.07) is 15.4. The van der Waals surface area contributed by atoms with Gasteiger partial charge in [-0.05, 0) is 63.0 Å². The number of rotatable bonds is 10. The zero-order chi connectivity index (χ0) is 22.8. The summed E-state index contributed by atoms with van der Waals surface area (Å²) in [5.74, 6) is 0.0323. The van der Waals surface area contributed by atoms with Gasteiger partial charge in [0, 0.05) is 50.4 Å². The number of aryl methyl sites for hydroxylation is 2. The highest BCUT2D eigenvalue weighted by Gasteiger charge is 2.16. The summed E-state index contributed by atoms with van der Waals surface area (Å²) in [4.78, 5) is 29.5. The molecule has 0 saturated carbocycles. The number of carbonyl (C=O) groups excluding carboxylic acids is 2. The highest BCUT2D eigenvalue weighted by Crippen LogP contribution is 2.08. The van der Waals surface area contributed by atoms with Crippen LogP contribution in [0, 0.1) is 13.8 Å². The van der Waals surface area contributed by atoms with Crippen molar-refractivity contribution in [3.05, 3.63) is 70.8 Å². The van der Waals surface area contributed by atoms with E-state index in [1.807, 2.05) is 62.4 Å². The molecule has 32 heavy (non-hydrogen) atoms. The van der Waals surface area contributed by atoms with Crippen molar-refractivity contribution < 1.29 is 9.59 Å². The highest BCUT2D eigenvalue weighted by molar-refractivity contribution is 5.96. The fourth-order valence-electron chi connectivity index (χ4n) is 4.09. The van der Waals surface area contributed by atoms with E-state index in [1.165, 1.54) is 0 Å². The van der Waals surface area contributed by atoms with E-state index in [1.54, 1.807) is 0 Å². The number of carbonyl (C=O) groups is 2. The molecule has 2 N–H and O–H groups in total. The Morgan fingerprint density at radius 1 is 0.688 bits per heavy atom. The molecule has 0 bridgehead atoms. The van der Waals surface area contributed by atoms with Crippen LogP contribution in [-0.4, -0.2) is 74.0 Å². The van der Waals surface area contributed by atoms with Gasteiger partial charge in [-0.3, -0.25) is 9.59 Å². The third-order valence-corrected chi connectivity index (χ3v) is 6.12. The molecule has 0 aliphatic carbocycles. The second kappa shape index (κ2) is 12.4. The molecule has 2 aromatic carbocycles. The molecule has 1 aliphatic rings. The van der Waals surface area contributed by atoms with Crippen LogP contribution in [0.3, 0.4) is 0 Å². The molecule has 1 heterocycles. The number of hydrogen-bond donors (Lipinski definition) is 2. The maximum atomic E-state index is 12.3. The molecule has 2 amide bonds. The summed E-state index contributed by atoms with van der Waals surface area (Å²) in [5.41, 5.74) is 3.54. The van der Waals surface area contributed by atoms with Crippen LogP contribution < -0.4 is 10.6 Å². The molecule has 0 atom stereocenters. The van der Waals surface area contributed by atoms with Gasteiger partial charge in [0.15, 0.2) is 0 Å². The summed E-state index contributed by atoms with van der Waals surface area (Å²) in [7, 11) is 0. The highest BCUT2D eigenvalue weighted by atomic mass is 16.2. The molecule has 0 radical (unpaired) electrons. The Kier molecular flexibility index (Phi) is 9.26. The summed E-state index contributed by atoms with van der Waals surface area (Å²) >= 11 is 0. The molecule has 2 aromatic rings. The second-order valence-electron chi connectivity index (χ2n) is 8.53. The van der Waals surface area contributed by atoms with Crippen LogP contribution in [0.4, 0.5) is 0 Å². The van der Waals surface area contributed by atoms with Gasteiger partial charge in [-0.25, -0.2) is 0 Å². The predicted molar refractivity (Wildman–Crippen MR) is 129 cm³/mol. The third-order valence-electron chi connectivity index (χ3n) is 6.12. The Bertz CT molecular complexity index is 817. The van der Waals surface area contributed by atoms with Crippen molar-refractivity contribution in [1.82, 2.24) is 20.4 Å². The number of benzene rings is 2. The lowest BCUT2D eigenvalue weighted by molar-refractivity contribution is 0.0934. The van der Waals surface area contributed by atoms with Crippen molar-refractivity contribution >= 4 is 11.8 Å². The van der Waals surface area contributed by atoms with E-state index < -0.39 is 0 Å². The molecule has 1 fully saturated rings. The van der Waals surface area contributed by atoms with E-state index in [-0.39, 0.29) is 11.8 Å². The van der Waals surface area contributed by atoms with Gasteiger partial charge in [0.25, 0.3) is 11.8 Å². The maximum absolute atomic E-state index is 12.3. The fraction of sp³-hybridized carbons (Fsp3) is 0.462. The first-order valence-electron chi connectivity index (χ1n) is 11.7. The minimum Gasteiger partial charge on any atom is -0.352 e. The Hall–Kier alpha value is -2.70. The van der Waals surface area contributed by atoms with Crippen molar-refractivity contribution in [3.63, 3.8) is 0 Å². The number of amides is 2. The van der Waals surface area contributed by atoms with Gasteiger partial charge < -0.3 is 20.4 Å². The van der Waals surface area contributed by atoms with Crippen molar-refractivity contribution in [1.29, 1.82) is 0 Å². The van der Waals surface area contributed by atoms with Crippen LogP contribution >= 0.6 is 0 Å². The maximum Gasteiger partial charge on any atom is 0.251 e. The lowest BCUT2D eigenvalue weighted by atomic mass is 10.1. The van der Waals surface area contributed by atoms with Crippen LogP contribution in [0.15, 0.2) is 48.5 Å². The summed E-state index contributed by atoms with van der Waals surface area (Å²) in [6.07, 6.45) is 1.92. The van der Waals surface area contributed by atoms with E-state index in [4.69, 9.17) is 0 Å². The number of hydrogen-bond acceptors (Lipinski definition) is 4. The molecule has 0 spiro atoms. The monoisotopic (exact) mass is 436 g/mol. The van der Waals surface area contributed by atoms with Crippen molar-refractivity contribution in [2.45, 2.75) is 26.7 Å². The van der Waals surface area contributed by atoms with Gasteiger partial charge in [0.1, 0.15) is 0 Å². The Morgan fingerprint density at radius 2 is 1.06 bits per heavy atom. The Balaban J connectivity index is 1.24. The molecule has 6 nitrogen and oxygen atoms in total. The molecule has 3 rings (SSSR count). The normalized spacial score (nSPS) is 14.8. The van der Waals surface area contributed by atoms with E-state index >= 15 is 0 Å². The largest absolute Gasteiger partial charge is 0.352 e. The van der Waals surface area contributed by atoms with Crippen molar-refractivity contribution in [2.24, 2.45) is 0 Å². The molecule has 0 aromatic heterocycles. The fourth-order valence-corrected chi connectivity index (χ4v) is 4.09. The van der Waals surface area contributed by atoms with Crippen LogP contribution in [0.1, 0.15) is 44.7 Å². The summed E-state index contributed by atoms with van der Waals surface area (Å²) in [6.45, 7) is 11.6. The van der Waals surface area contributed by atoms with Gasteiger partial charge in [-0.1, -0.05) is 36.4 Å². The minimum atomic E-state index is 0.0161. The van der Waals surface area contributed by atoms with Crippen LogP contribution in [0.5, 0.6) is 0 Å². The van der Waals surface area contributed by atoms with Gasteiger partial charge in [0.05, 0.1) is 0 Å². The zero-order valence-electron chi connectivity index (χ0n) is 19.4. The molecule has 6 heteroatoms. The van der Waals surface area contributed by atoms with Gasteiger partial charge in [-0.15, -0.1) is 0 Å². The van der Waals surface area contributed by atoms with E-state index in [9.17, 15) is 9.59 Å². The second-order valence-corrected chi connectivity index (χ2v) is 8.53. The lowest BCUT2D eigenvalue weighted by Gasteiger charge is -2.34. The quantitative estimate of drug-likeness (QED) is 0.562. The number of nitrogens with zero attached hydrogens (tertiary/aromatic N) is 2. The van der Waals surface area contributed by atoms with Crippen LogP contribution in [-0.2, 0) is 0 Å². The molecule has 0 unspecified atom stereocenters. The zero-order valence-corrected chi connectivity index (χ0v) is 19.4. The van der Waals surface area contributed by atoms with Gasteiger partial charge in [-0.2, -0.15) is 0 Å². The van der Waals surface area contributed by atoms with Gasteiger partial charge in [0.2, 0.25) is 0 Å². The summed E-state index contributed by atoms with van der Waals surface area (Å²) in [5, 5.41) is 6.07. The van der Waals surface area contributed by atoms with E-state index in [0.29, 0.717) is 13.1 Å². The van der Waals surface area contributed by atoms with Crippen LogP contribution in [0.25, 0.3) is 0 Å². The smallest absolute Gasteiger partial charge is 0.251 e.